The minimum Gasteiger partial charge on any atom is -0.339 e. The van der Waals surface area contributed by atoms with E-state index in [2.05, 4.69) is 11.8 Å². The van der Waals surface area contributed by atoms with Crippen LogP contribution >= 0.6 is 0 Å². The van der Waals surface area contributed by atoms with Crippen LogP contribution in [0, 0.1) is 0 Å². The molecule has 2 aliphatic heterocycles. The van der Waals surface area contributed by atoms with Crippen LogP contribution in [0.4, 0.5) is 0 Å². The van der Waals surface area contributed by atoms with Crippen LogP contribution in [0.2, 0.25) is 0 Å². The predicted molar refractivity (Wildman–Crippen MR) is 111 cm³/mol. The van der Waals surface area contributed by atoms with Crippen molar-refractivity contribution in [3.63, 3.8) is 0 Å². The molecule has 0 spiro atoms. The molecule has 1 amide bonds. The minimum absolute atomic E-state index is 0.0639. The number of piperazine rings is 1. The Kier molecular flexibility index (Phi) is 7.08. The Balaban J connectivity index is 1.63. The van der Waals surface area contributed by atoms with Gasteiger partial charge in [0.2, 0.25) is 15.9 Å². The van der Waals surface area contributed by atoms with Gasteiger partial charge < -0.3 is 4.90 Å². The first kappa shape index (κ1) is 21.9. The van der Waals surface area contributed by atoms with Crippen LogP contribution in [0.3, 0.4) is 0 Å². The molecule has 29 heavy (non-hydrogen) atoms. The molecule has 1 unspecified atom stereocenters. The Hall–Kier alpha value is -1.77. The fourth-order valence-corrected chi connectivity index (χ4v) is 5.62. The quantitative estimate of drug-likeness (QED) is 0.657. The molecule has 0 saturated carbocycles. The molecule has 7 nitrogen and oxygen atoms in total. The van der Waals surface area contributed by atoms with Gasteiger partial charge in [-0.2, -0.15) is 4.31 Å². The summed E-state index contributed by atoms with van der Waals surface area (Å²) in [6.07, 6.45) is 4.12. The van der Waals surface area contributed by atoms with Gasteiger partial charge in [-0.3, -0.25) is 14.5 Å². The van der Waals surface area contributed by atoms with Gasteiger partial charge in [0.05, 0.1) is 10.9 Å². The first-order valence-corrected chi connectivity index (χ1v) is 11.9. The van der Waals surface area contributed by atoms with Crippen molar-refractivity contribution in [1.29, 1.82) is 0 Å². The number of hydrogen-bond donors (Lipinski definition) is 0. The summed E-state index contributed by atoms with van der Waals surface area (Å²) in [5.74, 6) is 0.0434. The summed E-state index contributed by atoms with van der Waals surface area (Å²) >= 11 is 0. The lowest BCUT2D eigenvalue weighted by Gasteiger charge is -2.40. The zero-order chi connectivity index (χ0) is 21.0. The molecule has 0 aliphatic carbocycles. The van der Waals surface area contributed by atoms with E-state index in [0.29, 0.717) is 31.7 Å². The Morgan fingerprint density at radius 3 is 2.24 bits per heavy atom. The van der Waals surface area contributed by atoms with Crippen LogP contribution in [0.5, 0.6) is 0 Å². The van der Waals surface area contributed by atoms with Gasteiger partial charge in [0, 0.05) is 31.7 Å². The van der Waals surface area contributed by atoms with Gasteiger partial charge in [-0.1, -0.05) is 25.5 Å². The summed E-state index contributed by atoms with van der Waals surface area (Å²) in [5.41, 5.74) is 0.489. The number of piperidine rings is 1. The Morgan fingerprint density at radius 1 is 1.00 bits per heavy atom. The number of rotatable bonds is 6. The van der Waals surface area contributed by atoms with Crippen molar-refractivity contribution in [1.82, 2.24) is 14.1 Å². The van der Waals surface area contributed by atoms with Crippen LogP contribution in [0.1, 0.15) is 49.9 Å². The van der Waals surface area contributed by atoms with E-state index >= 15 is 0 Å². The normalized spacial score (nSPS) is 21.9. The topological polar surface area (TPSA) is 78.0 Å². The summed E-state index contributed by atoms with van der Waals surface area (Å²) in [7, 11) is -3.62. The van der Waals surface area contributed by atoms with Gasteiger partial charge in [0.25, 0.3) is 0 Å². The third kappa shape index (κ3) is 4.87. The Bertz CT molecular complexity index is 828. The van der Waals surface area contributed by atoms with Crippen LogP contribution in [-0.4, -0.2) is 79.5 Å². The molecular formula is C21H31N3O4S. The van der Waals surface area contributed by atoms with Crippen molar-refractivity contribution in [2.24, 2.45) is 0 Å². The first-order valence-electron chi connectivity index (χ1n) is 10.5. The molecule has 0 bridgehead atoms. The molecular weight excluding hydrogens is 390 g/mol. The van der Waals surface area contributed by atoms with Gasteiger partial charge in [0.1, 0.15) is 0 Å². The van der Waals surface area contributed by atoms with E-state index in [4.69, 9.17) is 0 Å². The fraction of sp³-hybridized carbons (Fsp3) is 0.619. The molecule has 1 aromatic rings. The number of carbonyl (C=O) groups excluding carboxylic acids is 2. The molecule has 2 fully saturated rings. The van der Waals surface area contributed by atoms with Crippen LogP contribution in [0.15, 0.2) is 29.2 Å². The predicted octanol–water partition coefficient (Wildman–Crippen LogP) is 1.99. The first-order chi connectivity index (χ1) is 13.8. The zero-order valence-electron chi connectivity index (χ0n) is 17.3. The lowest BCUT2D eigenvalue weighted by molar-refractivity contribution is -0.139. The number of nitrogens with zero attached hydrogens (tertiary/aromatic N) is 3. The van der Waals surface area contributed by atoms with Gasteiger partial charge in [-0.05, 0) is 51.4 Å². The van der Waals surface area contributed by atoms with E-state index in [-0.39, 0.29) is 22.6 Å². The average molecular weight is 422 g/mol. The third-order valence-electron chi connectivity index (χ3n) is 5.86. The number of sulfonamides is 1. The lowest BCUT2D eigenvalue weighted by atomic mass is 10.0. The molecule has 160 valence electrons. The molecule has 8 heteroatoms. The van der Waals surface area contributed by atoms with Crippen molar-refractivity contribution in [3.05, 3.63) is 29.8 Å². The number of hydrogen-bond acceptors (Lipinski definition) is 5. The van der Waals surface area contributed by atoms with Gasteiger partial charge in [-0.15, -0.1) is 0 Å². The fourth-order valence-electron chi connectivity index (χ4n) is 4.20. The summed E-state index contributed by atoms with van der Waals surface area (Å²) in [4.78, 5) is 28.7. The number of carbonyl (C=O) groups is 2. The standard InChI is InChI=1S/C21H31N3O4S/c1-3-11-22-12-5-4-6-20(22)21(26)23-13-15-24(16-14-23)29(27,28)19-9-7-18(8-10-19)17(2)25/h7-10,20H,3-6,11-16H2,1-2H3. The maximum atomic E-state index is 13.1. The Labute approximate surface area is 173 Å². The van der Waals surface area contributed by atoms with E-state index in [1.807, 2.05) is 4.90 Å². The second-order valence-corrected chi connectivity index (χ2v) is 9.80. The van der Waals surface area contributed by atoms with Crippen molar-refractivity contribution >= 4 is 21.7 Å². The molecule has 1 aromatic carbocycles. The van der Waals surface area contributed by atoms with Crippen molar-refractivity contribution < 1.29 is 18.0 Å². The van der Waals surface area contributed by atoms with E-state index < -0.39 is 10.0 Å². The zero-order valence-corrected chi connectivity index (χ0v) is 18.2. The molecule has 2 saturated heterocycles. The van der Waals surface area contributed by atoms with Crippen LogP contribution < -0.4 is 0 Å². The Morgan fingerprint density at radius 2 is 1.66 bits per heavy atom. The van der Waals surface area contributed by atoms with Crippen molar-refractivity contribution in [3.8, 4) is 0 Å². The number of amides is 1. The number of Topliss-reactive ketones (excluding diaryl/α,β-unsaturated/α-hetero) is 1. The molecule has 0 aromatic heterocycles. The highest BCUT2D eigenvalue weighted by Gasteiger charge is 2.35. The second-order valence-electron chi connectivity index (χ2n) is 7.86. The molecule has 0 radical (unpaired) electrons. The maximum Gasteiger partial charge on any atom is 0.243 e. The van der Waals surface area contributed by atoms with Gasteiger partial charge in [0.15, 0.2) is 5.78 Å². The maximum absolute atomic E-state index is 13.1. The van der Waals surface area contributed by atoms with Gasteiger partial charge in [-0.25, -0.2) is 8.42 Å². The third-order valence-corrected chi connectivity index (χ3v) is 7.77. The molecule has 3 rings (SSSR count). The van der Waals surface area contributed by atoms with Gasteiger partial charge >= 0.3 is 0 Å². The molecule has 2 aliphatic rings. The average Bonchev–Trinajstić information content (AvgIpc) is 2.74. The van der Waals surface area contributed by atoms with E-state index in [9.17, 15) is 18.0 Å². The van der Waals surface area contributed by atoms with E-state index in [1.54, 1.807) is 12.1 Å². The number of likely N-dealkylation sites (tertiary alicyclic amines) is 1. The molecule has 0 N–H and O–H groups in total. The summed E-state index contributed by atoms with van der Waals surface area (Å²) in [6.45, 7) is 6.90. The van der Waals surface area contributed by atoms with E-state index in [1.165, 1.54) is 23.4 Å². The summed E-state index contributed by atoms with van der Waals surface area (Å²) < 4.78 is 27.3. The van der Waals surface area contributed by atoms with Crippen molar-refractivity contribution in [2.75, 3.05) is 39.3 Å². The highest BCUT2D eigenvalue weighted by Crippen LogP contribution is 2.22. The number of benzene rings is 1. The van der Waals surface area contributed by atoms with Crippen molar-refractivity contribution in [2.45, 2.75) is 50.5 Å². The molecule has 2 heterocycles. The minimum atomic E-state index is -3.62. The summed E-state index contributed by atoms with van der Waals surface area (Å²) in [5, 5.41) is 0. The van der Waals surface area contributed by atoms with Crippen LogP contribution in [0.25, 0.3) is 0 Å². The SMILES string of the molecule is CCCN1CCCCC1C(=O)N1CCN(S(=O)(=O)c2ccc(C(C)=O)cc2)CC1. The van der Waals surface area contributed by atoms with Crippen LogP contribution in [-0.2, 0) is 14.8 Å². The highest BCUT2D eigenvalue weighted by atomic mass is 32.2. The lowest BCUT2D eigenvalue weighted by Crippen LogP contribution is -2.56. The smallest absolute Gasteiger partial charge is 0.243 e. The largest absolute Gasteiger partial charge is 0.339 e. The second kappa shape index (κ2) is 9.36. The highest BCUT2D eigenvalue weighted by molar-refractivity contribution is 7.89. The van der Waals surface area contributed by atoms with E-state index in [0.717, 1.165) is 38.8 Å². The number of ketones is 1. The monoisotopic (exact) mass is 421 g/mol. The molecule has 1 atom stereocenters. The summed E-state index contributed by atoms with van der Waals surface area (Å²) in [6, 6.07) is 5.98.